The summed E-state index contributed by atoms with van der Waals surface area (Å²) in [4.78, 5) is 37.5. The van der Waals surface area contributed by atoms with Crippen LogP contribution < -0.4 is 16.0 Å². The predicted molar refractivity (Wildman–Crippen MR) is 147 cm³/mol. The molecule has 2 amide bonds. The molecule has 0 unspecified atom stereocenters. The first-order valence-corrected chi connectivity index (χ1v) is 13.5. The molecule has 1 saturated heterocycles. The molecule has 2 aliphatic rings. The van der Waals surface area contributed by atoms with Gasteiger partial charge in [-0.05, 0) is 63.3 Å². The molecule has 1 aliphatic heterocycles. The van der Waals surface area contributed by atoms with Gasteiger partial charge in [0.25, 0.3) is 0 Å². The molecule has 2 aromatic rings. The Labute approximate surface area is 220 Å². The largest absolute Gasteiger partial charge is 0.361 e. The number of carbonyl (C=O) groups excluding carboxylic acids is 2. The van der Waals surface area contributed by atoms with Crippen LogP contribution >= 0.6 is 0 Å². The maximum atomic E-state index is 13.8. The Kier molecular flexibility index (Phi) is 8.92. The molecule has 1 aliphatic carbocycles. The Morgan fingerprint density at radius 1 is 1.05 bits per heavy atom. The van der Waals surface area contributed by atoms with E-state index in [1.807, 2.05) is 31.2 Å². The van der Waals surface area contributed by atoms with Crippen LogP contribution in [0.1, 0.15) is 52.4 Å². The minimum atomic E-state index is -0.373. The van der Waals surface area contributed by atoms with Crippen molar-refractivity contribution in [1.82, 2.24) is 25.5 Å². The van der Waals surface area contributed by atoms with Crippen molar-refractivity contribution in [3.05, 3.63) is 55.0 Å². The molecule has 0 radical (unpaired) electrons. The molecular weight excluding hydrogens is 464 g/mol. The number of para-hydroxylation sites is 1. The van der Waals surface area contributed by atoms with Crippen molar-refractivity contribution in [2.45, 2.75) is 70.5 Å². The van der Waals surface area contributed by atoms with E-state index in [4.69, 9.17) is 0 Å². The van der Waals surface area contributed by atoms with E-state index in [-0.39, 0.29) is 35.9 Å². The Morgan fingerprint density at radius 3 is 2.46 bits per heavy atom. The second kappa shape index (κ2) is 12.3. The number of hydrogen-bond donors (Lipinski definition) is 3. The summed E-state index contributed by atoms with van der Waals surface area (Å²) >= 11 is 0. The highest BCUT2D eigenvalue weighted by Crippen LogP contribution is 2.35. The number of likely N-dealkylation sites (N-methyl/N-ethyl adjacent to an activating group) is 1. The van der Waals surface area contributed by atoms with Crippen LogP contribution in [0.4, 0.5) is 5.69 Å². The topological polar surface area (TPSA) is 99.2 Å². The Hall–Kier alpha value is -3.26. The number of likely N-dealkylation sites (tertiary alicyclic amines) is 1. The molecule has 37 heavy (non-hydrogen) atoms. The first kappa shape index (κ1) is 26.8. The number of nitrogens with one attached hydrogen (secondary N) is 3. The zero-order valence-electron chi connectivity index (χ0n) is 22.2. The number of anilines is 1. The SMILES string of the molecule is C=C([C@@H](NC(=O)[C@H](C)NC)C1CCCCC1)N1CC[C@H](C)[C@H]1C(=O)Nc1ccccc1-c1ncccn1. The zero-order chi connectivity index (χ0) is 26.4. The maximum Gasteiger partial charge on any atom is 0.247 e. The monoisotopic (exact) mass is 504 g/mol. The van der Waals surface area contributed by atoms with Crippen LogP contribution in [-0.4, -0.2) is 58.4 Å². The molecule has 4 rings (SSSR count). The second-order valence-electron chi connectivity index (χ2n) is 10.4. The fraction of sp³-hybridized carbons (Fsp3) is 0.517. The molecule has 3 N–H and O–H groups in total. The molecule has 1 aromatic carbocycles. The summed E-state index contributed by atoms with van der Waals surface area (Å²) in [5.41, 5.74) is 2.30. The van der Waals surface area contributed by atoms with Crippen molar-refractivity contribution in [2.24, 2.45) is 11.8 Å². The minimum absolute atomic E-state index is 0.0377. The van der Waals surface area contributed by atoms with Gasteiger partial charge in [-0.25, -0.2) is 9.97 Å². The molecule has 2 fully saturated rings. The van der Waals surface area contributed by atoms with E-state index >= 15 is 0 Å². The highest BCUT2D eigenvalue weighted by atomic mass is 16.2. The van der Waals surface area contributed by atoms with E-state index in [2.05, 4.69) is 44.3 Å². The van der Waals surface area contributed by atoms with Crippen molar-refractivity contribution < 1.29 is 9.59 Å². The molecule has 0 spiro atoms. The zero-order valence-corrected chi connectivity index (χ0v) is 22.2. The van der Waals surface area contributed by atoms with Gasteiger partial charge in [-0.2, -0.15) is 0 Å². The van der Waals surface area contributed by atoms with Gasteiger partial charge < -0.3 is 20.9 Å². The highest BCUT2D eigenvalue weighted by Gasteiger charge is 2.41. The smallest absolute Gasteiger partial charge is 0.247 e. The van der Waals surface area contributed by atoms with Gasteiger partial charge in [-0.15, -0.1) is 0 Å². The molecule has 0 bridgehead atoms. The van der Waals surface area contributed by atoms with E-state index in [1.54, 1.807) is 25.5 Å². The number of nitrogens with zero attached hydrogens (tertiary/aromatic N) is 3. The van der Waals surface area contributed by atoms with Gasteiger partial charge in [-0.3, -0.25) is 9.59 Å². The van der Waals surface area contributed by atoms with E-state index in [9.17, 15) is 9.59 Å². The third-order valence-electron chi connectivity index (χ3n) is 7.93. The molecule has 198 valence electrons. The van der Waals surface area contributed by atoms with Gasteiger partial charge in [0.05, 0.1) is 17.8 Å². The quantitative estimate of drug-likeness (QED) is 0.478. The fourth-order valence-electron chi connectivity index (χ4n) is 5.63. The molecule has 8 heteroatoms. The summed E-state index contributed by atoms with van der Waals surface area (Å²) in [6, 6.07) is 8.52. The van der Waals surface area contributed by atoms with E-state index < -0.39 is 0 Å². The van der Waals surface area contributed by atoms with Crippen molar-refractivity contribution in [2.75, 3.05) is 18.9 Å². The van der Waals surface area contributed by atoms with Crippen LogP contribution in [-0.2, 0) is 9.59 Å². The number of carbonyl (C=O) groups is 2. The fourth-order valence-corrected chi connectivity index (χ4v) is 5.63. The van der Waals surface area contributed by atoms with Crippen molar-refractivity contribution in [3.63, 3.8) is 0 Å². The van der Waals surface area contributed by atoms with Crippen LogP contribution in [0.25, 0.3) is 11.4 Å². The average molecular weight is 505 g/mol. The standard InChI is InChI=1S/C29H40N6O2/c1-19-15-18-35(21(3)25(22-11-6-5-7-12-22)34-28(36)20(2)30-4)26(19)29(37)33-24-14-9-8-13-23(24)27-31-16-10-17-32-27/h8-10,13-14,16-17,19-20,22,25-26,30H,3,5-7,11-12,15,18H2,1-2,4H3,(H,33,37)(H,34,36)/t19-,20-,25+,26-/m0/s1. The van der Waals surface area contributed by atoms with Crippen LogP contribution in [0.5, 0.6) is 0 Å². The Morgan fingerprint density at radius 2 is 1.76 bits per heavy atom. The van der Waals surface area contributed by atoms with Crippen LogP contribution in [0, 0.1) is 11.8 Å². The predicted octanol–water partition coefficient (Wildman–Crippen LogP) is 3.98. The molecule has 2 heterocycles. The Balaban J connectivity index is 1.56. The van der Waals surface area contributed by atoms with Gasteiger partial charge in [0, 0.05) is 30.2 Å². The molecular formula is C29H40N6O2. The summed E-state index contributed by atoms with van der Waals surface area (Å²) in [5, 5.41) is 9.46. The molecule has 1 aromatic heterocycles. The number of aromatic nitrogens is 2. The Bertz CT molecular complexity index is 1080. The maximum absolute atomic E-state index is 13.8. The van der Waals surface area contributed by atoms with E-state index in [0.29, 0.717) is 17.4 Å². The minimum Gasteiger partial charge on any atom is -0.361 e. The van der Waals surface area contributed by atoms with Crippen molar-refractivity contribution >= 4 is 17.5 Å². The summed E-state index contributed by atoms with van der Waals surface area (Å²) in [7, 11) is 1.79. The highest BCUT2D eigenvalue weighted by molar-refractivity contribution is 5.98. The lowest BCUT2D eigenvalue weighted by Crippen LogP contribution is -2.53. The third-order valence-corrected chi connectivity index (χ3v) is 7.93. The lowest BCUT2D eigenvalue weighted by atomic mass is 9.82. The summed E-state index contributed by atoms with van der Waals surface area (Å²) in [5.74, 6) is 0.926. The number of benzene rings is 1. The first-order valence-electron chi connectivity index (χ1n) is 13.5. The first-order chi connectivity index (χ1) is 17.9. The van der Waals surface area contributed by atoms with E-state index in [1.165, 1.54) is 6.42 Å². The number of amides is 2. The van der Waals surface area contributed by atoms with E-state index in [0.717, 1.165) is 49.9 Å². The lowest BCUT2D eigenvalue weighted by Gasteiger charge is -2.39. The van der Waals surface area contributed by atoms with Crippen LogP contribution in [0.3, 0.4) is 0 Å². The van der Waals surface area contributed by atoms with Crippen LogP contribution in [0.15, 0.2) is 55.0 Å². The number of rotatable bonds is 9. The molecule has 8 nitrogen and oxygen atoms in total. The summed E-state index contributed by atoms with van der Waals surface area (Å²) < 4.78 is 0. The van der Waals surface area contributed by atoms with Gasteiger partial charge >= 0.3 is 0 Å². The average Bonchev–Trinajstić information content (AvgIpc) is 3.33. The van der Waals surface area contributed by atoms with Crippen molar-refractivity contribution in [3.8, 4) is 11.4 Å². The molecule has 1 saturated carbocycles. The summed E-state index contributed by atoms with van der Waals surface area (Å²) in [6.07, 6.45) is 9.94. The molecule has 4 atom stereocenters. The van der Waals surface area contributed by atoms with Gasteiger partial charge in [-0.1, -0.05) is 44.9 Å². The lowest BCUT2D eigenvalue weighted by molar-refractivity contribution is -0.123. The summed E-state index contributed by atoms with van der Waals surface area (Å²) in [6.45, 7) is 9.19. The van der Waals surface area contributed by atoms with Crippen molar-refractivity contribution in [1.29, 1.82) is 0 Å². The van der Waals surface area contributed by atoms with Crippen LogP contribution in [0.2, 0.25) is 0 Å². The van der Waals surface area contributed by atoms with Gasteiger partial charge in [0.1, 0.15) is 6.04 Å². The van der Waals surface area contributed by atoms with Gasteiger partial charge in [0.2, 0.25) is 11.8 Å². The second-order valence-corrected chi connectivity index (χ2v) is 10.4. The normalized spacial score (nSPS) is 21.8. The van der Waals surface area contributed by atoms with Gasteiger partial charge in [0.15, 0.2) is 5.82 Å². The number of hydrogen-bond acceptors (Lipinski definition) is 6. The third kappa shape index (κ3) is 6.18.